The van der Waals surface area contributed by atoms with Crippen LogP contribution >= 0.6 is 14.3 Å². The lowest BCUT2D eigenvalue weighted by atomic mass is 10.4. The molecule has 0 amide bonds. The molecule has 3 nitrogen and oxygen atoms in total. The summed E-state index contributed by atoms with van der Waals surface area (Å²) in [5.41, 5.74) is 5.09. The van der Waals surface area contributed by atoms with Crippen LogP contribution in [0.4, 0.5) is 0 Å². The summed E-state index contributed by atoms with van der Waals surface area (Å²) >= 11 is 0. The van der Waals surface area contributed by atoms with Gasteiger partial charge in [-0.05, 0) is 20.0 Å². The van der Waals surface area contributed by atoms with Crippen molar-refractivity contribution in [2.45, 2.75) is 5.52 Å². The predicted octanol–water partition coefficient (Wildman–Crippen LogP) is 2.17. The maximum absolute atomic E-state index is 12.5. The fourth-order valence-electron chi connectivity index (χ4n) is 1.41. The molecule has 2 N–H and O–H groups in total. The lowest BCUT2D eigenvalue weighted by molar-refractivity contribution is 0.569. The van der Waals surface area contributed by atoms with Crippen molar-refractivity contribution in [3.63, 3.8) is 0 Å². The maximum atomic E-state index is 12.5. The first-order valence-electron chi connectivity index (χ1n) is 4.69. The van der Waals surface area contributed by atoms with Gasteiger partial charge in [0.25, 0.3) is 0 Å². The molecule has 0 aliphatic heterocycles. The molecule has 0 aromatic heterocycles. The van der Waals surface area contributed by atoms with Gasteiger partial charge in [-0.2, -0.15) is 0 Å². The number of benzene rings is 1. The van der Waals surface area contributed by atoms with E-state index in [-0.39, 0.29) is 0 Å². The molecule has 2 atom stereocenters. The van der Waals surface area contributed by atoms with E-state index in [1.54, 1.807) is 32.1 Å². The van der Waals surface area contributed by atoms with Gasteiger partial charge in [0.15, 0.2) is 0 Å². The number of hydrogen-bond acceptors (Lipinski definition) is 3. The summed E-state index contributed by atoms with van der Waals surface area (Å²) in [6, 6.07) is 9.03. The highest BCUT2D eigenvalue weighted by molar-refractivity contribution is 7.84. The highest BCUT2D eigenvalue weighted by Gasteiger charge is 2.35. The lowest BCUT2D eigenvalue weighted by Crippen LogP contribution is -2.25. The summed E-state index contributed by atoms with van der Waals surface area (Å²) in [6.07, 6.45) is 0. The van der Waals surface area contributed by atoms with E-state index in [4.69, 9.17) is 5.73 Å². The summed E-state index contributed by atoms with van der Waals surface area (Å²) in [5.74, 6) is 0. The Labute approximate surface area is 90.8 Å². The van der Waals surface area contributed by atoms with Crippen LogP contribution in [0.3, 0.4) is 0 Å². The van der Waals surface area contributed by atoms with Crippen LogP contribution in [0.5, 0.6) is 0 Å². The molecule has 0 spiro atoms. The third kappa shape index (κ3) is 2.81. The van der Waals surface area contributed by atoms with Crippen LogP contribution in [0.1, 0.15) is 0 Å². The van der Waals surface area contributed by atoms with Crippen LogP contribution in [0.15, 0.2) is 30.3 Å². The molecule has 0 heterocycles. The second-order valence-corrected chi connectivity index (χ2v) is 11.1. The Morgan fingerprint density at radius 1 is 1.07 bits per heavy atom. The van der Waals surface area contributed by atoms with Gasteiger partial charge >= 0.3 is 0 Å². The lowest BCUT2D eigenvalue weighted by Gasteiger charge is -2.24. The minimum atomic E-state index is -2.74. The third-order valence-corrected chi connectivity index (χ3v) is 9.01. The number of rotatable bonds is 3. The summed E-state index contributed by atoms with van der Waals surface area (Å²) in [5, 5.41) is 0.696. The van der Waals surface area contributed by atoms with Gasteiger partial charge in [-0.1, -0.05) is 30.3 Å². The second-order valence-electron chi connectivity index (χ2n) is 4.17. The van der Waals surface area contributed by atoms with E-state index >= 15 is 0 Å². The Hall–Kier alpha value is -0.360. The molecule has 15 heavy (non-hydrogen) atoms. The molecular weight excluding hydrogens is 228 g/mol. The minimum absolute atomic E-state index is 0.696. The fourth-order valence-corrected chi connectivity index (χ4v) is 7.12. The fraction of sp³-hybridized carbons (Fsp3) is 0.400. The molecule has 84 valence electrons. The molecule has 0 radical (unpaired) electrons. The first-order valence-corrected chi connectivity index (χ1v) is 9.58. The van der Waals surface area contributed by atoms with Gasteiger partial charge in [0.1, 0.15) is 19.8 Å². The van der Waals surface area contributed by atoms with Crippen LogP contribution in [-0.2, 0) is 9.13 Å². The van der Waals surface area contributed by atoms with E-state index in [0.29, 0.717) is 5.30 Å². The zero-order valence-corrected chi connectivity index (χ0v) is 11.0. The van der Waals surface area contributed by atoms with Crippen molar-refractivity contribution in [2.24, 2.45) is 5.73 Å². The maximum Gasteiger partial charge on any atom is 0.135 e. The van der Waals surface area contributed by atoms with Gasteiger partial charge in [0, 0.05) is 5.30 Å². The van der Waals surface area contributed by atoms with Crippen LogP contribution in [0.25, 0.3) is 0 Å². The summed E-state index contributed by atoms with van der Waals surface area (Å²) in [7, 11) is -5.27. The molecule has 0 aliphatic rings. The van der Waals surface area contributed by atoms with Crippen molar-refractivity contribution in [2.75, 3.05) is 20.0 Å². The largest absolute Gasteiger partial charge is 0.322 e. The van der Waals surface area contributed by atoms with Crippen molar-refractivity contribution < 1.29 is 9.13 Å². The number of nitrogens with two attached hydrogens (primary N) is 1. The van der Waals surface area contributed by atoms with Gasteiger partial charge in [-0.3, -0.25) is 0 Å². The first-order chi connectivity index (χ1) is 6.76. The van der Waals surface area contributed by atoms with Crippen LogP contribution in [-0.4, -0.2) is 25.5 Å². The molecule has 5 heteroatoms. The predicted molar refractivity (Wildman–Crippen MR) is 67.0 cm³/mol. The van der Waals surface area contributed by atoms with Crippen LogP contribution in [0, 0.1) is 0 Å². The molecule has 0 fully saturated rings. The molecule has 1 aromatic carbocycles. The van der Waals surface area contributed by atoms with E-state index in [9.17, 15) is 9.13 Å². The highest BCUT2D eigenvalue weighted by Crippen LogP contribution is 2.59. The normalized spacial score (nSPS) is 18.1. The Bertz CT molecular complexity index is 424. The summed E-state index contributed by atoms with van der Waals surface area (Å²) in [4.78, 5) is 0. The Kier molecular flexibility index (Phi) is 3.60. The van der Waals surface area contributed by atoms with E-state index in [2.05, 4.69) is 0 Å². The first kappa shape index (κ1) is 12.7. The van der Waals surface area contributed by atoms with E-state index in [1.165, 1.54) is 0 Å². The van der Waals surface area contributed by atoms with E-state index < -0.39 is 19.8 Å². The van der Waals surface area contributed by atoms with Gasteiger partial charge in [-0.25, -0.2) is 0 Å². The van der Waals surface area contributed by atoms with Crippen LogP contribution in [0.2, 0.25) is 0 Å². The molecule has 0 saturated carbocycles. The van der Waals surface area contributed by atoms with Gasteiger partial charge in [-0.15, -0.1) is 0 Å². The SMILES string of the molecule is CP(C)(=O)C(N)P(C)(=O)c1ccccc1. The second kappa shape index (κ2) is 4.25. The van der Waals surface area contributed by atoms with Crippen molar-refractivity contribution in [1.29, 1.82) is 0 Å². The zero-order chi connectivity index (χ0) is 11.7. The third-order valence-electron chi connectivity index (χ3n) is 2.41. The van der Waals surface area contributed by atoms with Crippen LogP contribution < -0.4 is 11.0 Å². The van der Waals surface area contributed by atoms with E-state index in [0.717, 1.165) is 0 Å². The van der Waals surface area contributed by atoms with Crippen molar-refractivity contribution in [3.8, 4) is 0 Å². The van der Waals surface area contributed by atoms with Gasteiger partial charge < -0.3 is 14.9 Å². The topological polar surface area (TPSA) is 60.2 Å². The van der Waals surface area contributed by atoms with Crippen molar-refractivity contribution >= 4 is 19.6 Å². The summed E-state index contributed by atoms with van der Waals surface area (Å²) < 4.78 is 24.3. The smallest absolute Gasteiger partial charge is 0.135 e. The molecule has 0 bridgehead atoms. The Morgan fingerprint density at radius 2 is 1.53 bits per heavy atom. The van der Waals surface area contributed by atoms with Gasteiger partial charge in [0.2, 0.25) is 0 Å². The molecule has 0 aliphatic carbocycles. The average molecular weight is 245 g/mol. The zero-order valence-electron chi connectivity index (χ0n) is 9.25. The molecule has 0 saturated heterocycles. The molecule has 2 unspecified atom stereocenters. The molecule has 1 rings (SSSR count). The minimum Gasteiger partial charge on any atom is -0.322 e. The quantitative estimate of drug-likeness (QED) is 0.830. The average Bonchev–Trinajstić information content (AvgIpc) is 2.16. The molecule has 1 aromatic rings. The monoisotopic (exact) mass is 245 g/mol. The van der Waals surface area contributed by atoms with Gasteiger partial charge in [0.05, 0.1) is 0 Å². The number of hydrogen-bond donors (Lipinski definition) is 1. The van der Waals surface area contributed by atoms with Crippen molar-refractivity contribution in [1.82, 2.24) is 0 Å². The summed E-state index contributed by atoms with van der Waals surface area (Å²) in [6.45, 7) is 4.76. The Balaban J connectivity index is 3.15. The van der Waals surface area contributed by atoms with E-state index in [1.807, 2.05) is 18.2 Å². The van der Waals surface area contributed by atoms with Crippen molar-refractivity contribution in [3.05, 3.63) is 30.3 Å². The Morgan fingerprint density at radius 3 is 1.93 bits per heavy atom. The highest BCUT2D eigenvalue weighted by atomic mass is 31.2. The molecular formula is C10H17NO2P2. The standard InChI is InChI=1S/C10H17NO2P2/c1-14(2,12)10(11)15(3,13)9-7-5-4-6-8-9/h4-8,10H,11H2,1-3H3.